The van der Waals surface area contributed by atoms with E-state index in [-0.39, 0.29) is 28.8 Å². The van der Waals surface area contributed by atoms with E-state index < -0.39 is 5.82 Å². The lowest BCUT2D eigenvalue weighted by Crippen LogP contribution is -2.35. The number of carbonyl (C=O) groups excluding carboxylic acids is 2. The van der Waals surface area contributed by atoms with Crippen molar-refractivity contribution < 1.29 is 14.0 Å². The van der Waals surface area contributed by atoms with Crippen LogP contribution in [0.5, 0.6) is 0 Å². The average Bonchev–Trinajstić information content (AvgIpc) is 2.65. The van der Waals surface area contributed by atoms with E-state index in [9.17, 15) is 14.0 Å². The van der Waals surface area contributed by atoms with Gasteiger partial charge in [0.25, 0.3) is 5.91 Å². The van der Waals surface area contributed by atoms with Crippen LogP contribution in [0.1, 0.15) is 35.2 Å². The largest absolute Gasteiger partial charge is 0.339 e. The topological polar surface area (TPSA) is 49.4 Å². The van der Waals surface area contributed by atoms with E-state index >= 15 is 0 Å². The molecule has 6 heteroatoms. The van der Waals surface area contributed by atoms with Crippen LogP contribution < -0.4 is 5.32 Å². The Morgan fingerprint density at radius 3 is 2.54 bits per heavy atom. The van der Waals surface area contributed by atoms with E-state index in [1.54, 1.807) is 30.3 Å². The first-order valence-electron chi connectivity index (χ1n) is 8.66. The molecule has 1 aliphatic heterocycles. The van der Waals surface area contributed by atoms with Gasteiger partial charge in [-0.2, -0.15) is 0 Å². The summed E-state index contributed by atoms with van der Waals surface area (Å²) in [5.41, 5.74) is 1.20. The third-order valence-electron chi connectivity index (χ3n) is 4.44. The van der Waals surface area contributed by atoms with E-state index in [2.05, 4.69) is 5.32 Å². The number of likely N-dealkylation sites (tertiary alicyclic amines) is 1. The van der Waals surface area contributed by atoms with Gasteiger partial charge in [-0.1, -0.05) is 23.7 Å². The zero-order valence-corrected chi connectivity index (χ0v) is 15.1. The fourth-order valence-corrected chi connectivity index (χ4v) is 3.31. The van der Waals surface area contributed by atoms with Crippen molar-refractivity contribution in [1.82, 2.24) is 4.90 Å². The molecule has 4 nitrogen and oxygen atoms in total. The summed E-state index contributed by atoms with van der Waals surface area (Å²) in [4.78, 5) is 26.6. The van der Waals surface area contributed by atoms with Crippen molar-refractivity contribution in [3.63, 3.8) is 0 Å². The third-order valence-corrected chi connectivity index (χ3v) is 4.79. The molecular weight excluding hydrogens is 355 g/mol. The molecule has 0 saturated carbocycles. The van der Waals surface area contributed by atoms with Crippen molar-refractivity contribution in [3.05, 3.63) is 64.4 Å². The van der Waals surface area contributed by atoms with Crippen molar-refractivity contribution in [3.8, 4) is 0 Å². The molecular formula is C20H20ClFN2O2. The Morgan fingerprint density at radius 1 is 1.08 bits per heavy atom. The second-order valence-corrected chi connectivity index (χ2v) is 6.77. The highest BCUT2D eigenvalue weighted by molar-refractivity contribution is 6.31. The van der Waals surface area contributed by atoms with Gasteiger partial charge in [-0.25, -0.2) is 4.39 Å². The highest BCUT2D eigenvalue weighted by Gasteiger charge is 2.18. The number of hydrogen-bond acceptors (Lipinski definition) is 2. The molecule has 26 heavy (non-hydrogen) atoms. The summed E-state index contributed by atoms with van der Waals surface area (Å²) >= 11 is 5.96. The maximum Gasteiger partial charge on any atom is 0.253 e. The second kappa shape index (κ2) is 8.32. The quantitative estimate of drug-likeness (QED) is 0.868. The number of halogens is 2. The summed E-state index contributed by atoms with van der Waals surface area (Å²) in [6.07, 6.45) is 3.02. The van der Waals surface area contributed by atoms with Crippen LogP contribution >= 0.6 is 11.6 Å². The molecule has 136 valence electrons. The number of piperidine rings is 1. The number of anilines is 1. The number of amides is 2. The molecule has 1 aliphatic rings. The first kappa shape index (κ1) is 18.4. The second-order valence-electron chi connectivity index (χ2n) is 6.36. The smallest absolute Gasteiger partial charge is 0.253 e. The minimum atomic E-state index is -0.512. The lowest BCUT2D eigenvalue weighted by molar-refractivity contribution is -0.115. The number of nitrogens with zero attached hydrogens (tertiary/aromatic N) is 1. The van der Waals surface area contributed by atoms with Gasteiger partial charge in [-0.05, 0) is 49.6 Å². The van der Waals surface area contributed by atoms with Gasteiger partial charge in [-0.15, -0.1) is 0 Å². The monoisotopic (exact) mass is 374 g/mol. The van der Waals surface area contributed by atoms with Crippen LogP contribution in [0.25, 0.3) is 0 Å². The molecule has 0 aliphatic carbocycles. The fraction of sp³-hybridized carbons (Fsp3) is 0.300. The van der Waals surface area contributed by atoms with Crippen molar-refractivity contribution in [2.45, 2.75) is 25.7 Å². The first-order chi connectivity index (χ1) is 12.5. The lowest BCUT2D eigenvalue weighted by atomic mass is 10.1. The van der Waals surface area contributed by atoms with E-state index in [0.717, 1.165) is 32.4 Å². The van der Waals surface area contributed by atoms with Crippen molar-refractivity contribution in [2.75, 3.05) is 18.4 Å². The molecule has 3 rings (SSSR count). The summed E-state index contributed by atoms with van der Waals surface area (Å²) in [7, 11) is 0. The van der Waals surface area contributed by atoms with E-state index in [1.165, 1.54) is 12.1 Å². The third kappa shape index (κ3) is 4.41. The molecule has 0 radical (unpaired) electrons. The minimum Gasteiger partial charge on any atom is -0.339 e. The number of benzene rings is 2. The van der Waals surface area contributed by atoms with Crippen molar-refractivity contribution >= 4 is 29.1 Å². The summed E-state index contributed by atoms with van der Waals surface area (Å²) < 4.78 is 13.8. The van der Waals surface area contributed by atoms with Gasteiger partial charge in [-0.3, -0.25) is 9.59 Å². The molecule has 0 bridgehead atoms. The minimum absolute atomic E-state index is 0.0297. The Balaban J connectivity index is 1.68. The highest BCUT2D eigenvalue weighted by atomic mass is 35.5. The number of hydrogen-bond donors (Lipinski definition) is 1. The average molecular weight is 375 g/mol. The molecule has 1 saturated heterocycles. The van der Waals surface area contributed by atoms with Gasteiger partial charge < -0.3 is 10.2 Å². The molecule has 2 aromatic carbocycles. The van der Waals surface area contributed by atoms with Crippen LogP contribution in [-0.2, 0) is 11.2 Å². The first-order valence-corrected chi connectivity index (χ1v) is 9.04. The van der Waals surface area contributed by atoms with E-state index in [1.807, 2.05) is 4.90 Å². The summed E-state index contributed by atoms with van der Waals surface area (Å²) in [5.74, 6) is -0.931. The molecule has 1 heterocycles. The molecule has 2 aromatic rings. The molecule has 2 amide bonds. The van der Waals surface area contributed by atoms with Gasteiger partial charge in [0, 0.05) is 34.9 Å². The van der Waals surface area contributed by atoms with E-state index in [4.69, 9.17) is 11.6 Å². The molecule has 0 atom stereocenters. The number of rotatable bonds is 4. The highest BCUT2D eigenvalue weighted by Crippen LogP contribution is 2.21. The van der Waals surface area contributed by atoms with Gasteiger partial charge in [0.05, 0.1) is 6.42 Å². The van der Waals surface area contributed by atoms with Gasteiger partial charge in [0.2, 0.25) is 5.91 Å². The van der Waals surface area contributed by atoms with E-state index in [0.29, 0.717) is 11.3 Å². The Kier molecular flexibility index (Phi) is 5.89. The van der Waals surface area contributed by atoms with Crippen LogP contribution in [-0.4, -0.2) is 29.8 Å². The molecule has 0 unspecified atom stereocenters. The molecule has 1 fully saturated rings. The van der Waals surface area contributed by atoms with Crippen LogP contribution in [0.15, 0.2) is 42.5 Å². The predicted octanol–water partition coefficient (Wildman–Crippen LogP) is 4.29. The number of carbonyl (C=O) groups is 2. The van der Waals surface area contributed by atoms with Gasteiger partial charge in [0.1, 0.15) is 5.82 Å². The fourth-order valence-electron chi connectivity index (χ4n) is 3.08. The van der Waals surface area contributed by atoms with Crippen molar-refractivity contribution in [1.29, 1.82) is 0 Å². The summed E-state index contributed by atoms with van der Waals surface area (Å²) in [6, 6.07) is 11.1. The van der Waals surface area contributed by atoms with Gasteiger partial charge in [0.15, 0.2) is 0 Å². The molecule has 0 spiro atoms. The lowest BCUT2D eigenvalue weighted by Gasteiger charge is -2.26. The van der Waals surface area contributed by atoms with Crippen LogP contribution in [0.4, 0.5) is 10.1 Å². The predicted molar refractivity (Wildman–Crippen MR) is 99.9 cm³/mol. The molecule has 0 aromatic heterocycles. The normalized spacial score (nSPS) is 14.2. The Labute approximate surface area is 157 Å². The van der Waals surface area contributed by atoms with Crippen LogP contribution in [0, 0.1) is 5.82 Å². The maximum atomic E-state index is 13.8. The Hall–Kier alpha value is -2.40. The zero-order valence-electron chi connectivity index (χ0n) is 14.3. The van der Waals surface area contributed by atoms with Gasteiger partial charge >= 0.3 is 0 Å². The van der Waals surface area contributed by atoms with Crippen LogP contribution in [0.2, 0.25) is 5.02 Å². The Bertz CT molecular complexity index is 799. The van der Waals surface area contributed by atoms with Crippen LogP contribution in [0.3, 0.4) is 0 Å². The summed E-state index contributed by atoms with van der Waals surface area (Å²) in [5, 5.41) is 2.92. The number of nitrogens with one attached hydrogen (secondary N) is 1. The maximum absolute atomic E-state index is 13.8. The van der Waals surface area contributed by atoms with Crippen molar-refractivity contribution in [2.24, 2.45) is 0 Å². The zero-order chi connectivity index (χ0) is 18.5. The summed E-state index contributed by atoms with van der Waals surface area (Å²) in [6.45, 7) is 1.53. The SMILES string of the molecule is O=C(Cc1c(F)cccc1Cl)Nc1cccc(C(=O)N2CCCCC2)c1. The standard InChI is InChI=1S/C20H20ClFN2O2/c21-17-8-5-9-18(22)16(17)13-19(25)23-15-7-4-6-14(12-15)20(26)24-10-2-1-3-11-24/h4-9,12H,1-3,10-11,13H2,(H,23,25). The Morgan fingerprint density at radius 2 is 1.81 bits per heavy atom. The molecule has 1 N–H and O–H groups in total.